The summed E-state index contributed by atoms with van der Waals surface area (Å²) in [6, 6.07) is 0. The van der Waals surface area contributed by atoms with Crippen molar-refractivity contribution in [3.05, 3.63) is 24.3 Å². The van der Waals surface area contributed by atoms with Gasteiger partial charge in [-0.15, -0.1) is 4.48 Å². The molecule has 1 nitrogen and oxygen atoms in total. The van der Waals surface area contributed by atoms with Crippen LogP contribution in [0.3, 0.4) is 0 Å². The maximum atomic E-state index is 11.8. The monoisotopic (exact) mass is 96.0 g/mol. The molecule has 0 spiro atoms. The zero-order chi connectivity index (χ0) is 5.11. The standard InChI is InChI=1S/C4H4BFN/c6-7-4-2-1-3-5-7/h1-4H. The van der Waals surface area contributed by atoms with Gasteiger partial charge in [0.1, 0.15) is 0 Å². The van der Waals surface area contributed by atoms with Gasteiger partial charge in [0, 0.05) is 6.20 Å². The van der Waals surface area contributed by atoms with E-state index in [-0.39, 0.29) is 0 Å². The molecule has 0 saturated carbocycles. The second-order valence-electron chi connectivity index (χ2n) is 1.22. The molecule has 0 saturated heterocycles. The summed E-state index contributed by atoms with van der Waals surface area (Å²) in [6.45, 7) is 0. The highest BCUT2D eigenvalue weighted by atomic mass is 19.2. The molecule has 7 heavy (non-hydrogen) atoms. The average molecular weight is 95.9 g/mol. The molecule has 0 amide bonds. The smallest absolute Gasteiger partial charge is 0.267 e. The summed E-state index contributed by atoms with van der Waals surface area (Å²) in [5.41, 5.74) is 0. The first-order valence-corrected chi connectivity index (χ1v) is 2.02. The Hall–Kier alpha value is -0.725. The van der Waals surface area contributed by atoms with Crippen molar-refractivity contribution in [2.24, 2.45) is 0 Å². The van der Waals surface area contributed by atoms with Crippen LogP contribution in [0.5, 0.6) is 0 Å². The second-order valence-corrected chi connectivity index (χ2v) is 1.22. The molecule has 0 aromatic heterocycles. The third-order valence-corrected chi connectivity index (χ3v) is 0.679. The molecule has 0 fully saturated rings. The van der Waals surface area contributed by atoms with Gasteiger partial charge in [0.15, 0.2) is 0 Å². The number of rotatable bonds is 0. The fourth-order valence-electron chi connectivity index (χ4n) is 0.378. The lowest BCUT2D eigenvalue weighted by Gasteiger charge is -2.03. The maximum absolute atomic E-state index is 11.8. The molecule has 0 N–H and O–H groups in total. The van der Waals surface area contributed by atoms with E-state index in [0.29, 0.717) is 5.03 Å². The van der Waals surface area contributed by atoms with Crippen molar-refractivity contribution in [3.8, 4) is 0 Å². The Labute approximate surface area is 42.3 Å². The van der Waals surface area contributed by atoms with Crippen LogP contribution < -0.4 is 0 Å². The third-order valence-electron chi connectivity index (χ3n) is 0.679. The highest BCUT2D eigenvalue weighted by Crippen LogP contribution is 1.93. The quantitative estimate of drug-likeness (QED) is 0.319. The summed E-state index contributed by atoms with van der Waals surface area (Å²) in [6.07, 6.45) is 4.72. The maximum Gasteiger partial charge on any atom is 0.322 e. The number of allylic oxidation sites excluding steroid dienone is 2. The Morgan fingerprint density at radius 1 is 1.43 bits per heavy atom. The molecular formula is C4H4BFN. The predicted molar refractivity (Wildman–Crippen MR) is 27.0 cm³/mol. The van der Waals surface area contributed by atoms with Crippen LogP contribution in [-0.4, -0.2) is 12.4 Å². The number of halogens is 1. The number of nitrogens with zero attached hydrogens (tertiary/aromatic N) is 1. The Kier molecular flexibility index (Phi) is 1.15. The fraction of sp³-hybridized carbons (Fsp3) is 0. The van der Waals surface area contributed by atoms with Gasteiger partial charge in [-0.1, -0.05) is 12.1 Å². The molecule has 0 aliphatic carbocycles. The van der Waals surface area contributed by atoms with Gasteiger partial charge in [0.2, 0.25) is 0 Å². The van der Waals surface area contributed by atoms with Crippen LogP contribution in [0.4, 0.5) is 4.48 Å². The van der Waals surface area contributed by atoms with Gasteiger partial charge < -0.3 is 0 Å². The lowest BCUT2D eigenvalue weighted by atomic mass is 9.92. The molecule has 1 heterocycles. The Balaban J connectivity index is 2.49. The molecule has 35 valence electrons. The summed E-state index contributed by atoms with van der Waals surface area (Å²) in [4.78, 5) is 0. The molecule has 0 bridgehead atoms. The predicted octanol–water partition coefficient (Wildman–Crippen LogP) is 0.833. The number of hydrogen-bond acceptors (Lipinski definition) is 1. The van der Waals surface area contributed by atoms with Crippen molar-refractivity contribution in [1.29, 1.82) is 0 Å². The summed E-state index contributed by atoms with van der Waals surface area (Å²) in [5, 5.41) is 0.500. The van der Waals surface area contributed by atoms with Crippen LogP contribution in [0.2, 0.25) is 0 Å². The molecular weight excluding hydrogens is 91.9 g/mol. The lowest BCUT2D eigenvalue weighted by Crippen LogP contribution is -2.10. The van der Waals surface area contributed by atoms with Crippen molar-refractivity contribution in [2.75, 3.05) is 0 Å². The molecule has 0 atom stereocenters. The van der Waals surface area contributed by atoms with E-state index in [1.807, 2.05) is 0 Å². The van der Waals surface area contributed by atoms with E-state index in [9.17, 15) is 4.48 Å². The van der Waals surface area contributed by atoms with Gasteiger partial charge in [-0.3, -0.25) is 5.03 Å². The summed E-state index contributed by atoms with van der Waals surface area (Å²) in [7, 11) is 1.33. The molecule has 1 aliphatic heterocycles. The van der Waals surface area contributed by atoms with Gasteiger partial charge in [-0.05, 0) is 6.08 Å². The molecule has 0 unspecified atom stereocenters. The largest absolute Gasteiger partial charge is 0.322 e. The normalized spacial score (nSPS) is 17.0. The first kappa shape index (κ1) is 4.43. The zero-order valence-corrected chi connectivity index (χ0v) is 3.71. The summed E-state index contributed by atoms with van der Waals surface area (Å²) in [5.74, 6) is 1.62. The van der Waals surface area contributed by atoms with Crippen LogP contribution in [0.1, 0.15) is 0 Å². The molecule has 1 radical (unpaired) electrons. The summed E-state index contributed by atoms with van der Waals surface area (Å²) >= 11 is 0. The van der Waals surface area contributed by atoms with Gasteiger partial charge in [-0.25, -0.2) is 0 Å². The molecule has 0 aromatic carbocycles. The van der Waals surface area contributed by atoms with Gasteiger partial charge in [-0.2, -0.15) is 0 Å². The van der Waals surface area contributed by atoms with Gasteiger partial charge >= 0.3 is 7.41 Å². The fourth-order valence-corrected chi connectivity index (χ4v) is 0.378. The van der Waals surface area contributed by atoms with Gasteiger partial charge in [0.05, 0.1) is 0 Å². The minimum Gasteiger partial charge on any atom is -0.267 e. The van der Waals surface area contributed by atoms with Crippen molar-refractivity contribution >= 4 is 7.41 Å². The highest BCUT2D eigenvalue weighted by Gasteiger charge is 1.95. The highest BCUT2D eigenvalue weighted by molar-refractivity contribution is 6.39. The minimum atomic E-state index is 0.500. The van der Waals surface area contributed by atoms with E-state index in [0.717, 1.165) is 0 Å². The van der Waals surface area contributed by atoms with E-state index in [2.05, 4.69) is 0 Å². The summed E-state index contributed by atoms with van der Waals surface area (Å²) < 4.78 is 11.8. The molecule has 1 aliphatic rings. The van der Waals surface area contributed by atoms with E-state index in [4.69, 9.17) is 0 Å². The average Bonchev–Trinajstić information content (AvgIpc) is 1.69. The molecule has 0 aromatic rings. The van der Waals surface area contributed by atoms with Crippen LogP contribution in [0.15, 0.2) is 24.3 Å². The second kappa shape index (κ2) is 1.82. The van der Waals surface area contributed by atoms with E-state index in [1.165, 1.54) is 13.6 Å². The Morgan fingerprint density at radius 3 is 2.57 bits per heavy atom. The van der Waals surface area contributed by atoms with Crippen LogP contribution in [0.25, 0.3) is 0 Å². The first-order chi connectivity index (χ1) is 3.39. The van der Waals surface area contributed by atoms with Crippen molar-refractivity contribution in [1.82, 2.24) is 5.03 Å². The van der Waals surface area contributed by atoms with Crippen molar-refractivity contribution < 1.29 is 4.48 Å². The van der Waals surface area contributed by atoms with Crippen LogP contribution in [0, 0.1) is 0 Å². The van der Waals surface area contributed by atoms with Crippen molar-refractivity contribution in [2.45, 2.75) is 0 Å². The molecule has 1 rings (SSSR count). The SMILES string of the molecule is FN1[B]C=CC=C1. The van der Waals surface area contributed by atoms with Crippen molar-refractivity contribution in [3.63, 3.8) is 0 Å². The van der Waals surface area contributed by atoms with Crippen LogP contribution in [-0.2, 0) is 0 Å². The first-order valence-electron chi connectivity index (χ1n) is 2.02. The zero-order valence-electron chi connectivity index (χ0n) is 3.71. The molecule has 3 heteroatoms. The lowest BCUT2D eigenvalue weighted by molar-refractivity contribution is 0.212. The minimum absolute atomic E-state index is 0.500. The Bertz CT molecular complexity index is 110. The number of hydrogen-bond donors (Lipinski definition) is 0. The third kappa shape index (κ3) is 1.07. The van der Waals surface area contributed by atoms with E-state index < -0.39 is 0 Å². The topological polar surface area (TPSA) is 3.24 Å². The Morgan fingerprint density at radius 2 is 2.29 bits per heavy atom. The van der Waals surface area contributed by atoms with E-state index >= 15 is 0 Å². The van der Waals surface area contributed by atoms with Gasteiger partial charge in [0.25, 0.3) is 0 Å². The van der Waals surface area contributed by atoms with Crippen LogP contribution >= 0.6 is 0 Å². The van der Waals surface area contributed by atoms with E-state index in [1.54, 1.807) is 18.1 Å².